The minimum absolute atomic E-state index is 0.0249. The molecule has 1 heterocycles. The van der Waals surface area contributed by atoms with Gasteiger partial charge in [0.2, 0.25) is 10.0 Å². The van der Waals surface area contributed by atoms with Gasteiger partial charge in [-0.2, -0.15) is 0 Å². The zero-order valence-electron chi connectivity index (χ0n) is 12.9. The van der Waals surface area contributed by atoms with Crippen LogP contribution in [-0.2, 0) is 17.1 Å². The maximum Gasteiger partial charge on any atom is 0.240 e. The van der Waals surface area contributed by atoms with E-state index in [-0.39, 0.29) is 23.6 Å². The predicted octanol–water partition coefficient (Wildman–Crippen LogP) is 1.57. The third kappa shape index (κ3) is 4.10. The molecule has 8 heteroatoms. The van der Waals surface area contributed by atoms with Crippen LogP contribution in [0.25, 0.3) is 0 Å². The van der Waals surface area contributed by atoms with E-state index in [4.69, 9.17) is 4.74 Å². The average Bonchev–Trinajstić information content (AvgIpc) is 2.93. The molecule has 1 atom stereocenters. The summed E-state index contributed by atoms with van der Waals surface area (Å²) in [7, 11) is -0.750. The lowest BCUT2D eigenvalue weighted by molar-refractivity contribution is 0.161. The van der Waals surface area contributed by atoms with Crippen LogP contribution in [0.15, 0.2) is 41.4 Å². The summed E-state index contributed by atoms with van der Waals surface area (Å²) < 4.78 is 46.7. The van der Waals surface area contributed by atoms with Gasteiger partial charge < -0.3 is 14.4 Å². The summed E-state index contributed by atoms with van der Waals surface area (Å²) in [5.74, 6) is -0.776. The molecule has 23 heavy (non-hydrogen) atoms. The van der Waals surface area contributed by atoms with E-state index in [1.165, 1.54) is 19.2 Å². The lowest BCUT2D eigenvalue weighted by Gasteiger charge is -2.13. The standard InChI is InChI=1S/C15H19FN2O4S/c1-18-9-3-4-13(18)14(19)7-8-17-23(20,21)11-5-6-15(22-2)12(16)10-11/h3-6,9-10,14,17,19H,7-8H2,1-2H3. The van der Waals surface area contributed by atoms with E-state index < -0.39 is 21.9 Å². The fourth-order valence-corrected chi connectivity index (χ4v) is 3.26. The van der Waals surface area contributed by atoms with Crippen LogP contribution in [0.3, 0.4) is 0 Å². The van der Waals surface area contributed by atoms with Crippen molar-refractivity contribution in [3.05, 3.63) is 48.0 Å². The maximum absolute atomic E-state index is 13.6. The van der Waals surface area contributed by atoms with Crippen LogP contribution in [0.2, 0.25) is 0 Å². The molecule has 0 spiro atoms. The second kappa shape index (κ2) is 7.12. The molecular weight excluding hydrogens is 323 g/mol. The number of nitrogens with zero attached hydrogens (tertiary/aromatic N) is 1. The van der Waals surface area contributed by atoms with Crippen LogP contribution < -0.4 is 9.46 Å². The Bertz CT molecular complexity index is 774. The Morgan fingerprint density at radius 1 is 1.39 bits per heavy atom. The number of ether oxygens (including phenoxy) is 1. The van der Waals surface area contributed by atoms with Gasteiger partial charge in [-0.3, -0.25) is 0 Å². The van der Waals surface area contributed by atoms with Gasteiger partial charge in [0.1, 0.15) is 0 Å². The Morgan fingerprint density at radius 3 is 2.70 bits per heavy atom. The first kappa shape index (κ1) is 17.5. The third-order valence-electron chi connectivity index (χ3n) is 3.47. The molecule has 0 aliphatic rings. The average molecular weight is 342 g/mol. The molecule has 126 valence electrons. The highest BCUT2D eigenvalue weighted by Gasteiger charge is 2.17. The lowest BCUT2D eigenvalue weighted by Crippen LogP contribution is -2.26. The van der Waals surface area contributed by atoms with Gasteiger partial charge in [0.25, 0.3) is 0 Å². The van der Waals surface area contributed by atoms with Gasteiger partial charge in [0, 0.05) is 25.5 Å². The van der Waals surface area contributed by atoms with Crippen LogP contribution in [-0.4, -0.2) is 31.7 Å². The number of hydrogen-bond acceptors (Lipinski definition) is 4. The zero-order valence-corrected chi connectivity index (χ0v) is 13.7. The van der Waals surface area contributed by atoms with Gasteiger partial charge in [-0.1, -0.05) is 0 Å². The normalized spacial score (nSPS) is 13.0. The largest absolute Gasteiger partial charge is 0.494 e. The first-order valence-electron chi connectivity index (χ1n) is 6.97. The molecule has 0 radical (unpaired) electrons. The summed E-state index contributed by atoms with van der Waals surface area (Å²) in [4.78, 5) is -0.191. The molecule has 1 unspecified atom stereocenters. The van der Waals surface area contributed by atoms with Crippen molar-refractivity contribution >= 4 is 10.0 Å². The van der Waals surface area contributed by atoms with E-state index >= 15 is 0 Å². The summed E-state index contributed by atoms with van der Waals surface area (Å²) in [6, 6.07) is 6.97. The molecule has 1 aromatic carbocycles. The van der Waals surface area contributed by atoms with Crippen molar-refractivity contribution in [1.29, 1.82) is 0 Å². The van der Waals surface area contributed by atoms with Gasteiger partial charge in [-0.05, 0) is 36.8 Å². The number of rotatable bonds is 7. The van der Waals surface area contributed by atoms with Gasteiger partial charge >= 0.3 is 0 Å². The Labute approximate surface area is 134 Å². The van der Waals surface area contributed by atoms with Crippen molar-refractivity contribution < 1.29 is 22.7 Å². The molecule has 1 aromatic heterocycles. The topological polar surface area (TPSA) is 80.6 Å². The molecule has 0 aliphatic carbocycles. The molecule has 2 N–H and O–H groups in total. The SMILES string of the molecule is COc1ccc(S(=O)(=O)NCCC(O)c2cccn2C)cc1F. The molecular formula is C15H19FN2O4S. The Balaban J connectivity index is 1.99. The van der Waals surface area contributed by atoms with Crippen LogP contribution in [0, 0.1) is 5.82 Å². The molecule has 2 aromatic rings. The Hall–Kier alpha value is -1.90. The van der Waals surface area contributed by atoms with Gasteiger partial charge in [-0.15, -0.1) is 0 Å². The highest BCUT2D eigenvalue weighted by atomic mass is 32.2. The van der Waals surface area contributed by atoms with E-state index in [0.717, 1.165) is 6.07 Å². The molecule has 2 rings (SSSR count). The number of benzene rings is 1. The van der Waals surface area contributed by atoms with Gasteiger partial charge in [-0.25, -0.2) is 17.5 Å². The van der Waals surface area contributed by atoms with Crippen molar-refractivity contribution in [3.8, 4) is 5.75 Å². The number of nitrogens with one attached hydrogen (secondary N) is 1. The summed E-state index contributed by atoms with van der Waals surface area (Å²) in [6.07, 6.45) is 1.21. The Kier molecular flexibility index (Phi) is 5.40. The number of aliphatic hydroxyl groups excluding tert-OH is 1. The van der Waals surface area contributed by atoms with E-state index in [1.807, 2.05) is 0 Å². The maximum atomic E-state index is 13.6. The summed E-state index contributed by atoms with van der Waals surface area (Å²) in [6.45, 7) is 0.0301. The number of aryl methyl sites for hydroxylation is 1. The first-order chi connectivity index (χ1) is 10.8. The molecule has 0 aliphatic heterocycles. The van der Waals surface area contributed by atoms with Crippen molar-refractivity contribution in [1.82, 2.24) is 9.29 Å². The summed E-state index contributed by atoms with van der Waals surface area (Å²) >= 11 is 0. The van der Waals surface area contributed by atoms with Gasteiger partial charge in [0.05, 0.1) is 18.1 Å². The number of methoxy groups -OCH3 is 1. The van der Waals surface area contributed by atoms with Crippen molar-refractivity contribution in [2.75, 3.05) is 13.7 Å². The fraction of sp³-hybridized carbons (Fsp3) is 0.333. The Morgan fingerprint density at radius 2 is 2.13 bits per heavy atom. The highest BCUT2D eigenvalue weighted by molar-refractivity contribution is 7.89. The van der Waals surface area contributed by atoms with E-state index in [2.05, 4.69) is 4.72 Å². The van der Waals surface area contributed by atoms with E-state index in [9.17, 15) is 17.9 Å². The molecule has 0 saturated heterocycles. The second-order valence-electron chi connectivity index (χ2n) is 5.04. The molecule has 0 fully saturated rings. The number of aliphatic hydroxyl groups is 1. The number of sulfonamides is 1. The number of aromatic nitrogens is 1. The van der Waals surface area contributed by atoms with Crippen LogP contribution in [0.1, 0.15) is 18.2 Å². The number of halogens is 1. The molecule has 0 amide bonds. The van der Waals surface area contributed by atoms with Crippen molar-refractivity contribution in [2.45, 2.75) is 17.4 Å². The second-order valence-corrected chi connectivity index (χ2v) is 6.81. The fourth-order valence-electron chi connectivity index (χ4n) is 2.20. The van der Waals surface area contributed by atoms with Crippen LogP contribution in [0.4, 0.5) is 4.39 Å². The van der Waals surface area contributed by atoms with Crippen LogP contribution in [0.5, 0.6) is 5.75 Å². The summed E-state index contributed by atoms with van der Waals surface area (Å²) in [5, 5.41) is 10.0. The smallest absolute Gasteiger partial charge is 0.240 e. The predicted molar refractivity (Wildman–Crippen MR) is 83.1 cm³/mol. The molecule has 0 saturated carbocycles. The number of hydrogen-bond donors (Lipinski definition) is 2. The summed E-state index contributed by atoms with van der Waals surface area (Å²) in [5.41, 5.74) is 0.694. The highest BCUT2D eigenvalue weighted by Crippen LogP contribution is 2.21. The molecule has 6 nitrogen and oxygen atoms in total. The molecule has 0 bridgehead atoms. The first-order valence-corrected chi connectivity index (χ1v) is 8.46. The monoisotopic (exact) mass is 342 g/mol. The quantitative estimate of drug-likeness (QED) is 0.800. The van der Waals surface area contributed by atoms with Crippen LogP contribution >= 0.6 is 0 Å². The van der Waals surface area contributed by atoms with Crippen molar-refractivity contribution in [2.24, 2.45) is 7.05 Å². The minimum atomic E-state index is -3.85. The zero-order chi connectivity index (χ0) is 17.0. The van der Waals surface area contributed by atoms with Gasteiger partial charge in [0.15, 0.2) is 11.6 Å². The minimum Gasteiger partial charge on any atom is -0.494 e. The van der Waals surface area contributed by atoms with E-state index in [1.54, 1.807) is 29.9 Å². The van der Waals surface area contributed by atoms with Crippen molar-refractivity contribution in [3.63, 3.8) is 0 Å². The lowest BCUT2D eigenvalue weighted by atomic mass is 10.2. The third-order valence-corrected chi connectivity index (χ3v) is 4.93. The van der Waals surface area contributed by atoms with E-state index in [0.29, 0.717) is 5.69 Å².